The van der Waals surface area contributed by atoms with Crippen LogP contribution in [0, 0.1) is 20.8 Å². The molecule has 0 aliphatic rings. The number of alkyl carbamates (subject to hydrolysis) is 1. The lowest BCUT2D eigenvalue weighted by Gasteiger charge is -2.31. The van der Waals surface area contributed by atoms with Gasteiger partial charge in [0.1, 0.15) is 18.2 Å². The molecule has 2 aromatic rings. The molecule has 0 saturated heterocycles. The van der Waals surface area contributed by atoms with Gasteiger partial charge in [0.25, 0.3) is 5.91 Å². The van der Waals surface area contributed by atoms with Crippen molar-refractivity contribution in [3.63, 3.8) is 0 Å². The van der Waals surface area contributed by atoms with Crippen molar-refractivity contribution in [2.45, 2.75) is 53.2 Å². The van der Waals surface area contributed by atoms with Crippen molar-refractivity contribution < 1.29 is 19.1 Å². The fraction of sp³-hybridized carbons (Fsp3) is 0.370. The van der Waals surface area contributed by atoms with E-state index in [1.165, 1.54) is 4.90 Å². The van der Waals surface area contributed by atoms with Gasteiger partial charge in [-0.25, -0.2) is 4.79 Å². The average Bonchev–Trinajstić information content (AvgIpc) is 2.71. The lowest BCUT2D eigenvalue weighted by Crippen LogP contribution is -2.46. The molecule has 0 saturated carbocycles. The van der Waals surface area contributed by atoms with Gasteiger partial charge in [-0.2, -0.15) is 0 Å². The Morgan fingerprint density at radius 3 is 2.24 bits per heavy atom. The fourth-order valence-electron chi connectivity index (χ4n) is 3.61. The number of para-hydroxylation sites is 1. The molecule has 0 bridgehead atoms. The number of nitrogens with one attached hydrogen (secondary N) is 2. The molecule has 0 spiro atoms. The zero-order valence-corrected chi connectivity index (χ0v) is 20.9. The molecular formula is C27H35N3O4. The number of nitrogens with zero attached hydrogens (tertiary/aromatic N) is 1. The van der Waals surface area contributed by atoms with E-state index < -0.39 is 23.6 Å². The minimum absolute atomic E-state index is 0.119. The number of anilines is 1. The molecule has 0 radical (unpaired) electrons. The second-order valence-electron chi connectivity index (χ2n) is 9.32. The molecule has 1 unspecified atom stereocenters. The zero-order valence-electron chi connectivity index (χ0n) is 20.9. The molecule has 34 heavy (non-hydrogen) atoms. The Morgan fingerprint density at radius 2 is 1.68 bits per heavy atom. The lowest BCUT2D eigenvalue weighted by atomic mass is 9.98. The third kappa shape index (κ3) is 7.76. The third-order valence-corrected chi connectivity index (χ3v) is 4.95. The van der Waals surface area contributed by atoms with Crippen LogP contribution in [0.1, 0.15) is 49.1 Å². The van der Waals surface area contributed by atoms with Crippen LogP contribution in [0.25, 0.3) is 0 Å². The summed E-state index contributed by atoms with van der Waals surface area (Å²) in [4.78, 5) is 40.3. The molecule has 2 rings (SSSR count). The van der Waals surface area contributed by atoms with Crippen LogP contribution in [-0.2, 0) is 14.3 Å². The fourth-order valence-corrected chi connectivity index (χ4v) is 3.61. The Morgan fingerprint density at radius 1 is 1.06 bits per heavy atom. The number of amides is 3. The first kappa shape index (κ1) is 26.6. The number of benzene rings is 2. The summed E-state index contributed by atoms with van der Waals surface area (Å²) in [5.41, 5.74) is 3.50. The first-order chi connectivity index (χ1) is 15.9. The highest BCUT2D eigenvalue weighted by Crippen LogP contribution is 2.26. The minimum Gasteiger partial charge on any atom is -0.444 e. The number of aryl methyl sites for hydroxylation is 3. The summed E-state index contributed by atoms with van der Waals surface area (Å²) in [7, 11) is 0. The Kier molecular flexibility index (Phi) is 9.01. The van der Waals surface area contributed by atoms with E-state index in [9.17, 15) is 14.4 Å². The summed E-state index contributed by atoms with van der Waals surface area (Å²) in [5.74, 6) is -0.790. The first-order valence-corrected chi connectivity index (χ1v) is 11.2. The van der Waals surface area contributed by atoms with Crippen LogP contribution in [0.15, 0.2) is 55.1 Å². The number of ether oxygens (including phenoxy) is 1. The van der Waals surface area contributed by atoms with Crippen molar-refractivity contribution in [1.29, 1.82) is 0 Å². The standard InChI is InChI=1S/C27H35N3O4/c1-8-13-30(23(31)17-28-26(33)34-27(5,6)7)24(21-15-18(2)14-19(3)16-21)25(32)29-22-12-10-9-11-20(22)4/h8-12,14-16,24H,1,13,17H2,2-7H3,(H,28,33)(H,29,32). The summed E-state index contributed by atoms with van der Waals surface area (Å²) in [5, 5.41) is 5.44. The molecule has 0 aliphatic heterocycles. The number of carbonyl (C=O) groups excluding carboxylic acids is 3. The average molecular weight is 466 g/mol. The minimum atomic E-state index is -0.927. The normalized spacial score (nSPS) is 11.8. The number of rotatable bonds is 8. The number of hydrogen-bond donors (Lipinski definition) is 2. The van der Waals surface area contributed by atoms with E-state index in [-0.39, 0.29) is 19.0 Å². The highest BCUT2D eigenvalue weighted by atomic mass is 16.6. The van der Waals surface area contributed by atoms with Crippen LogP contribution in [-0.4, -0.2) is 41.5 Å². The second kappa shape index (κ2) is 11.5. The van der Waals surface area contributed by atoms with Crippen LogP contribution in [0.5, 0.6) is 0 Å². The quantitative estimate of drug-likeness (QED) is 0.547. The van der Waals surface area contributed by atoms with Crippen LogP contribution in [0.2, 0.25) is 0 Å². The molecule has 2 N–H and O–H groups in total. The Hall–Kier alpha value is -3.61. The predicted octanol–water partition coefficient (Wildman–Crippen LogP) is 4.83. The van der Waals surface area contributed by atoms with Crippen molar-refractivity contribution in [1.82, 2.24) is 10.2 Å². The topological polar surface area (TPSA) is 87.7 Å². The summed E-state index contributed by atoms with van der Waals surface area (Å²) in [6, 6.07) is 12.3. The highest BCUT2D eigenvalue weighted by molar-refractivity contribution is 5.99. The highest BCUT2D eigenvalue weighted by Gasteiger charge is 2.32. The SMILES string of the molecule is C=CCN(C(=O)CNC(=O)OC(C)(C)C)C(C(=O)Nc1ccccc1C)c1cc(C)cc(C)c1. The molecule has 2 aromatic carbocycles. The molecule has 0 aromatic heterocycles. The van der Waals surface area contributed by atoms with E-state index in [1.807, 2.05) is 63.2 Å². The maximum Gasteiger partial charge on any atom is 0.408 e. The summed E-state index contributed by atoms with van der Waals surface area (Å²) >= 11 is 0. The molecule has 3 amide bonds. The maximum absolute atomic E-state index is 13.6. The predicted molar refractivity (Wildman–Crippen MR) is 135 cm³/mol. The van der Waals surface area contributed by atoms with Crippen LogP contribution in [0.4, 0.5) is 10.5 Å². The van der Waals surface area contributed by atoms with E-state index >= 15 is 0 Å². The van der Waals surface area contributed by atoms with Crippen LogP contribution < -0.4 is 10.6 Å². The first-order valence-electron chi connectivity index (χ1n) is 11.2. The van der Waals surface area contributed by atoms with E-state index in [2.05, 4.69) is 17.2 Å². The van der Waals surface area contributed by atoms with Gasteiger partial charge >= 0.3 is 6.09 Å². The third-order valence-electron chi connectivity index (χ3n) is 4.95. The summed E-state index contributed by atoms with van der Waals surface area (Å²) in [6.45, 7) is 14.6. The van der Waals surface area contributed by atoms with Crippen molar-refractivity contribution >= 4 is 23.6 Å². The van der Waals surface area contributed by atoms with E-state index in [0.717, 1.165) is 16.7 Å². The van der Waals surface area contributed by atoms with Gasteiger partial charge in [0.2, 0.25) is 5.91 Å². The Balaban J connectivity index is 2.39. The summed E-state index contributed by atoms with van der Waals surface area (Å²) < 4.78 is 5.22. The van der Waals surface area contributed by atoms with Crippen molar-refractivity contribution in [3.8, 4) is 0 Å². The van der Waals surface area contributed by atoms with Gasteiger partial charge in [-0.05, 0) is 58.7 Å². The van der Waals surface area contributed by atoms with Crippen LogP contribution >= 0.6 is 0 Å². The molecule has 1 atom stereocenters. The van der Waals surface area contributed by atoms with E-state index in [0.29, 0.717) is 11.3 Å². The number of hydrogen-bond acceptors (Lipinski definition) is 4. The Labute approximate surface area is 202 Å². The van der Waals surface area contributed by atoms with Gasteiger partial charge in [-0.1, -0.05) is 53.6 Å². The van der Waals surface area contributed by atoms with E-state index in [1.54, 1.807) is 26.8 Å². The van der Waals surface area contributed by atoms with Gasteiger partial charge in [0, 0.05) is 12.2 Å². The zero-order chi connectivity index (χ0) is 25.5. The van der Waals surface area contributed by atoms with Crippen molar-refractivity contribution in [3.05, 3.63) is 77.4 Å². The lowest BCUT2D eigenvalue weighted by molar-refractivity contribution is -0.137. The molecule has 182 valence electrons. The van der Waals surface area contributed by atoms with Crippen molar-refractivity contribution in [2.24, 2.45) is 0 Å². The van der Waals surface area contributed by atoms with Gasteiger partial charge in [0.15, 0.2) is 0 Å². The molecular weight excluding hydrogens is 430 g/mol. The van der Waals surface area contributed by atoms with Gasteiger partial charge in [-0.3, -0.25) is 9.59 Å². The van der Waals surface area contributed by atoms with Gasteiger partial charge < -0.3 is 20.3 Å². The molecule has 0 fully saturated rings. The van der Waals surface area contributed by atoms with Crippen LogP contribution in [0.3, 0.4) is 0 Å². The maximum atomic E-state index is 13.6. The number of carbonyl (C=O) groups is 3. The largest absolute Gasteiger partial charge is 0.444 e. The Bertz CT molecular complexity index is 1040. The molecule has 7 nitrogen and oxygen atoms in total. The molecule has 0 heterocycles. The summed E-state index contributed by atoms with van der Waals surface area (Å²) in [6.07, 6.45) is 0.856. The van der Waals surface area contributed by atoms with Gasteiger partial charge in [0.05, 0.1) is 0 Å². The smallest absolute Gasteiger partial charge is 0.408 e. The van der Waals surface area contributed by atoms with Gasteiger partial charge in [-0.15, -0.1) is 6.58 Å². The molecule has 7 heteroatoms. The second-order valence-corrected chi connectivity index (χ2v) is 9.32. The molecule has 0 aliphatic carbocycles. The van der Waals surface area contributed by atoms with Crippen molar-refractivity contribution in [2.75, 3.05) is 18.4 Å². The monoisotopic (exact) mass is 465 g/mol. The van der Waals surface area contributed by atoms with E-state index in [4.69, 9.17) is 4.74 Å².